The van der Waals surface area contributed by atoms with Crippen LogP contribution in [0.2, 0.25) is 5.02 Å². The third-order valence-electron chi connectivity index (χ3n) is 6.11. The molecule has 6 nitrogen and oxygen atoms in total. The highest BCUT2D eigenvalue weighted by Gasteiger charge is 2.33. The zero-order valence-electron chi connectivity index (χ0n) is 18.3. The lowest BCUT2D eigenvalue weighted by Crippen LogP contribution is -2.48. The highest BCUT2D eigenvalue weighted by molar-refractivity contribution is 6.58. The van der Waals surface area contributed by atoms with Gasteiger partial charge in [0, 0.05) is 38.3 Å². The minimum absolute atomic E-state index is 0.0115. The molecule has 0 aliphatic carbocycles. The van der Waals surface area contributed by atoms with Gasteiger partial charge in [0.05, 0.1) is 29.1 Å². The fourth-order valence-corrected chi connectivity index (χ4v) is 4.26. The Morgan fingerprint density at radius 2 is 1.84 bits per heavy atom. The van der Waals surface area contributed by atoms with Gasteiger partial charge in [-0.3, -0.25) is 9.69 Å². The lowest BCUT2D eigenvalue weighted by molar-refractivity contribution is 0.0924. The van der Waals surface area contributed by atoms with E-state index in [1.807, 2.05) is 6.92 Å². The lowest BCUT2D eigenvalue weighted by atomic mass is 9.66. The summed E-state index contributed by atoms with van der Waals surface area (Å²) in [7, 11) is 27.2. The van der Waals surface area contributed by atoms with Crippen molar-refractivity contribution in [2.24, 2.45) is 0 Å². The predicted molar refractivity (Wildman–Crippen MR) is 133 cm³/mol. The maximum absolute atomic E-state index is 13.0. The fourth-order valence-electron chi connectivity index (χ4n) is 4.00. The largest absolute Gasteiger partial charge is 0.509 e. The second-order valence-corrected chi connectivity index (χ2v) is 8.25. The molecule has 32 heavy (non-hydrogen) atoms. The molecule has 3 rings (SSSR count). The van der Waals surface area contributed by atoms with E-state index in [0.717, 1.165) is 6.42 Å². The summed E-state index contributed by atoms with van der Waals surface area (Å²) in [5, 5.41) is 16.4. The van der Waals surface area contributed by atoms with Crippen LogP contribution in [0.3, 0.4) is 0 Å². The molecule has 1 aliphatic heterocycles. The first-order chi connectivity index (χ1) is 15.1. The van der Waals surface area contributed by atoms with E-state index in [9.17, 15) is 9.90 Å². The molecule has 3 N–H and O–H groups in total. The smallest absolute Gasteiger partial charge is 0.255 e. The summed E-state index contributed by atoms with van der Waals surface area (Å²) in [5.41, 5.74) is 2.02. The van der Waals surface area contributed by atoms with Gasteiger partial charge in [-0.2, -0.15) is 0 Å². The quantitative estimate of drug-likeness (QED) is 0.483. The number of nitrogens with zero attached hydrogens (tertiary/aromatic N) is 1. The number of ether oxygens (including phenoxy) is 1. The number of halogens is 1. The van der Waals surface area contributed by atoms with Crippen molar-refractivity contribution in [3.8, 4) is 11.5 Å². The Kier molecular flexibility index (Phi) is 7.46. The van der Waals surface area contributed by atoms with Crippen molar-refractivity contribution < 1.29 is 14.6 Å². The van der Waals surface area contributed by atoms with E-state index in [1.54, 1.807) is 19.2 Å². The van der Waals surface area contributed by atoms with E-state index < -0.39 is 0 Å². The molecule has 1 heterocycles. The van der Waals surface area contributed by atoms with Crippen LogP contribution in [0.25, 0.3) is 0 Å². The number of nitrogens with one attached hydrogen (secondary N) is 2. The number of likely N-dealkylation sites (tertiary alicyclic amines) is 1. The van der Waals surface area contributed by atoms with E-state index in [-0.39, 0.29) is 45.6 Å². The second kappa shape index (κ2) is 9.75. The molecule has 8 radical (unpaired) electrons. The third-order valence-corrected chi connectivity index (χ3v) is 6.42. The molecule has 1 aliphatic rings. The van der Waals surface area contributed by atoms with Gasteiger partial charge in [-0.1, -0.05) is 33.5 Å². The number of phenolic OH excluding ortho intramolecular Hbond substituents is 1. The molecule has 1 saturated heterocycles. The normalized spacial score (nSPS) is 18.5. The summed E-state index contributed by atoms with van der Waals surface area (Å²) in [6.07, 6.45) is 0.723. The molecule has 0 unspecified atom stereocenters. The van der Waals surface area contributed by atoms with Crippen molar-refractivity contribution in [2.75, 3.05) is 26.0 Å². The first kappa shape index (κ1) is 24.5. The Bertz CT molecular complexity index is 1020. The van der Waals surface area contributed by atoms with Crippen LogP contribution in [0.1, 0.15) is 29.3 Å². The first-order valence-electron chi connectivity index (χ1n) is 10.1. The maximum atomic E-state index is 13.0. The number of carbonyl (C=O) groups is 1. The van der Waals surface area contributed by atoms with Gasteiger partial charge in [-0.25, -0.2) is 0 Å². The molecular weight excluding hydrogens is 421 g/mol. The topological polar surface area (TPSA) is 73.8 Å². The summed E-state index contributed by atoms with van der Waals surface area (Å²) in [6.45, 7) is 3.08. The van der Waals surface area contributed by atoms with Crippen LogP contribution in [0, 0.1) is 0 Å². The summed E-state index contributed by atoms with van der Waals surface area (Å²) < 4.78 is 5.37. The SMILES string of the molecule is [B]c1c([B])c(CN2CC[C@@H](NC(=O)c3cc(Cl)c(NC)cc3OC)[C@H]2C)c([B])c([B])c1O. The molecule has 1 amide bonds. The van der Waals surface area contributed by atoms with Crippen molar-refractivity contribution in [3.63, 3.8) is 0 Å². The van der Waals surface area contributed by atoms with Crippen molar-refractivity contribution in [1.29, 1.82) is 0 Å². The van der Waals surface area contributed by atoms with Gasteiger partial charge in [0.2, 0.25) is 0 Å². The Labute approximate surface area is 199 Å². The molecule has 2 aromatic carbocycles. The van der Waals surface area contributed by atoms with Crippen LogP contribution in [-0.2, 0) is 6.54 Å². The Morgan fingerprint density at radius 1 is 1.22 bits per heavy atom. The summed E-state index contributed by atoms with van der Waals surface area (Å²) in [6, 6.07) is 3.13. The van der Waals surface area contributed by atoms with E-state index in [1.165, 1.54) is 7.11 Å². The number of phenols is 1. The number of anilines is 1. The monoisotopic (exact) mass is 443 g/mol. The molecule has 1 fully saturated rings. The molecule has 11 heteroatoms. The van der Waals surface area contributed by atoms with Gasteiger partial charge < -0.3 is 20.5 Å². The predicted octanol–water partition coefficient (Wildman–Crippen LogP) is -1.34. The van der Waals surface area contributed by atoms with Crippen molar-refractivity contribution in [3.05, 3.63) is 28.3 Å². The highest BCUT2D eigenvalue weighted by Crippen LogP contribution is 2.31. The van der Waals surface area contributed by atoms with Crippen LogP contribution < -0.4 is 37.2 Å². The second-order valence-electron chi connectivity index (χ2n) is 7.84. The minimum Gasteiger partial charge on any atom is -0.509 e. The maximum Gasteiger partial charge on any atom is 0.255 e. The van der Waals surface area contributed by atoms with Crippen molar-refractivity contribution in [2.45, 2.75) is 32.0 Å². The van der Waals surface area contributed by atoms with E-state index in [0.29, 0.717) is 40.7 Å². The number of hydrogen-bond donors (Lipinski definition) is 3. The van der Waals surface area contributed by atoms with Gasteiger partial charge in [0.25, 0.3) is 5.91 Å². The first-order valence-corrected chi connectivity index (χ1v) is 10.5. The number of aromatic hydroxyl groups is 1. The standard InChI is InChI=1S/C21H22B4ClN3O3/c1-9-13(28-21(31)10-6-12(26)14(27-2)7-15(10)32-3)4-5-29(9)8-11-16(22)18(24)20(30)19(25)17(11)23/h6-7,9,13,27,30H,4-5,8H2,1-3H3,(H,28,31)/t9-,13-/m1/s1. The van der Waals surface area contributed by atoms with E-state index >= 15 is 0 Å². The van der Waals surface area contributed by atoms with E-state index in [4.69, 9.17) is 47.7 Å². The summed E-state index contributed by atoms with van der Waals surface area (Å²) in [5.74, 6) is -0.156. The van der Waals surface area contributed by atoms with Crippen molar-refractivity contribution in [1.82, 2.24) is 10.2 Å². The lowest BCUT2D eigenvalue weighted by Gasteiger charge is -2.28. The number of rotatable bonds is 6. The third kappa shape index (κ3) is 4.48. The number of amides is 1. The van der Waals surface area contributed by atoms with Crippen LogP contribution in [-0.4, -0.2) is 80.1 Å². The molecule has 2 aromatic rings. The van der Waals surface area contributed by atoms with Gasteiger partial charge in [-0.05, 0) is 25.0 Å². The molecule has 2 atom stereocenters. The highest BCUT2D eigenvalue weighted by atomic mass is 35.5. The number of methoxy groups -OCH3 is 1. The minimum atomic E-state index is -0.305. The number of hydrogen-bond acceptors (Lipinski definition) is 5. The zero-order valence-corrected chi connectivity index (χ0v) is 19.1. The molecule has 0 aromatic heterocycles. The van der Waals surface area contributed by atoms with Crippen molar-refractivity contribution >= 4 is 76.4 Å². The van der Waals surface area contributed by atoms with Crippen LogP contribution in [0.5, 0.6) is 11.5 Å². The Balaban J connectivity index is 1.77. The number of carbonyl (C=O) groups excluding carboxylic acids is 1. The molecule has 158 valence electrons. The molecular formula is C21H22B4ClN3O3. The average molecular weight is 443 g/mol. The van der Waals surface area contributed by atoms with Gasteiger partial charge >= 0.3 is 0 Å². The molecule has 0 saturated carbocycles. The summed E-state index contributed by atoms with van der Waals surface area (Å²) >= 11 is 6.26. The molecule has 0 bridgehead atoms. The average Bonchev–Trinajstić information content (AvgIpc) is 3.12. The van der Waals surface area contributed by atoms with Crippen LogP contribution in [0.15, 0.2) is 12.1 Å². The van der Waals surface area contributed by atoms with E-state index in [2.05, 4.69) is 15.5 Å². The summed E-state index contributed by atoms with van der Waals surface area (Å²) in [4.78, 5) is 15.1. The number of benzene rings is 2. The fraction of sp³-hybridized carbons (Fsp3) is 0.381. The van der Waals surface area contributed by atoms with Gasteiger partial charge in [0.1, 0.15) is 37.1 Å². The van der Waals surface area contributed by atoms with Gasteiger partial charge in [0.15, 0.2) is 0 Å². The van der Waals surface area contributed by atoms with Crippen LogP contribution >= 0.6 is 11.6 Å². The zero-order chi connectivity index (χ0) is 23.7. The Morgan fingerprint density at radius 3 is 2.41 bits per heavy atom. The van der Waals surface area contributed by atoms with Crippen LogP contribution in [0.4, 0.5) is 5.69 Å². The Hall–Kier alpha value is -2.18. The van der Waals surface area contributed by atoms with Gasteiger partial charge in [-0.15, -0.1) is 0 Å². The molecule has 0 spiro atoms.